The Bertz CT molecular complexity index is 330. The largest absolute Gasteiger partial charge is 0.481 e. The lowest BCUT2D eigenvalue weighted by molar-refractivity contribution is -0.137. The average molecular weight is 241 g/mol. The number of carbonyl (C=O) groups excluding carboxylic acids is 1. The highest BCUT2D eigenvalue weighted by Crippen LogP contribution is 2.16. The van der Waals surface area contributed by atoms with E-state index in [2.05, 4.69) is 0 Å². The molecule has 0 aromatic heterocycles. The monoisotopic (exact) mass is 241 g/mol. The van der Waals surface area contributed by atoms with E-state index in [1.54, 1.807) is 26.8 Å². The van der Waals surface area contributed by atoms with E-state index in [4.69, 9.17) is 9.84 Å². The molecule has 1 amide bonds. The number of rotatable bonds is 2. The highest BCUT2D eigenvalue weighted by Gasteiger charge is 2.26. The van der Waals surface area contributed by atoms with Gasteiger partial charge in [0, 0.05) is 19.0 Å². The van der Waals surface area contributed by atoms with Gasteiger partial charge in [-0.15, -0.1) is 0 Å². The van der Waals surface area contributed by atoms with Crippen LogP contribution in [-0.2, 0) is 9.53 Å². The first-order valence-corrected chi connectivity index (χ1v) is 5.64. The van der Waals surface area contributed by atoms with E-state index >= 15 is 0 Å². The predicted octanol–water partition coefficient (Wildman–Crippen LogP) is 1.88. The lowest BCUT2D eigenvalue weighted by Gasteiger charge is -2.30. The molecule has 0 saturated heterocycles. The topological polar surface area (TPSA) is 66.8 Å². The minimum atomic E-state index is -0.856. The average Bonchev–Trinajstić information content (AvgIpc) is 2.14. The van der Waals surface area contributed by atoms with Crippen LogP contribution in [0.3, 0.4) is 0 Å². The second-order valence-corrected chi connectivity index (χ2v) is 5.17. The van der Waals surface area contributed by atoms with Crippen LogP contribution < -0.4 is 0 Å². The summed E-state index contributed by atoms with van der Waals surface area (Å²) in [6, 6.07) is 0. The zero-order chi connectivity index (χ0) is 13.1. The molecule has 0 aliphatic carbocycles. The minimum Gasteiger partial charge on any atom is -0.481 e. The summed E-state index contributed by atoms with van der Waals surface area (Å²) in [4.78, 5) is 23.9. The maximum Gasteiger partial charge on any atom is 0.410 e. The van der Waals surface area contributed by atoms with Crippen molar-refractivity contribution in [3.05, 3.63) is 12.2 Å². The van der Waals surface area contributed by atoms with Crippen molar-refractivity contribution in [3.63, 3.8) is 0 Å². The summed E-state index contributed by atoms with van der Waals surface area (Å²) in [7, 11) is 0. The molecule has 0 aromatic carbocycles. The Labute approximate surface area is 101 Å². The molecule has 1 atom stereocenters. The fourth-order valence-corrected chi connectivity index (χ4v) is 1.63. The van der Waals surface area contributed by atoms with Crippen molar-refractivity contribution < 1.29 is 19.4 Å². The summed E-state index contributed by atoms with van der Waals surface area (Å²) in [5.41, 5.74) is -0.527. The molecule has 17 heavy (non-hydrogen) atoms. The lowest BCUT2D eigenvalue weighted by Crippen LogP contribution is -2.41. The molecule has 5 nitrogen and oxygen atoms in total. The van der Waals surface area contributed by atoms with E-state index in [1.165, 1.54) is 4.90 Å². The molecule has 96 valence electrons. The minimum absolute atomic E-state index is 0.0375. The quantitative estimate of drug-likeness (QED) is 0.750. The first-order valence-electron chi connectivity index (χ1n) is 5.64. The Morgan fingerprint density at radius 3 is 2.65 bits per heavy atom. The van der Waals surface area contributed by atoms with Gasteiger partial charge in [-0.05, 0) is 20.8 Å². The third kappa shape index (κ3) is 4.89. The second kappa shape index (κ2) is 5.21. The van der Waals surface area contributed by atoms with Crippen LogP contribution >= 0.6 is 0 Å². The van der Waals surface area contributed by atoms with Crippen molar-refractivity contribution >= 4 is 12.1 Å². The van der Waals surface area contributed by atoms with Crippen molar-refractivity contribution in [2.24, 2.45) is 5.92 Å². The van der Waals surface area contributed by atoms with Crippen molar-refractivity contribution in [2.45, 2.75) is 32.8 Å². The summed E-state index contributed by atoms with van der Waals surface area (Å²) in [5, 5.41) is 8.71. The molecule has 0 fully saturated rings. The molecule has 0 radical (unpaired) electrons. The van der Waals surface area contributed by atoms with E-state index in [9.17, 15) is 9.59 Å². The predicted molar refractivity (Wildman–Crippen MR) is 62.7 cm³/mol. The van der Waals surface area contributed by atoms with E-state index in [0.29, 0.717) is 13.1 Å². The fraction of sp³-hybridized carbons (Fsp3) is 0.667. The Balaban J connectivity index is 2.54. The van der Waals surface area contributed by atoms with Gasteiger partial charge in [0.25, 0.3) is 0 Å². The number of nitrogens with zero attached hydrogens (tertiary/aromatic N) is 1. The van der Waals surface area contributed by atoms with Gasteiger partial charge >= 0.3 is 12.1 Å². The van der Waals surface area contributed by atoms with E-state index < -0.39 is 17.7 Å². The van der Waals surface area contributed by atoms with E-state index in [1.807, 2.05) is 6.08 Å². The molecule has 5 heteroatoms. The molecule has 1 N–H and O–H groups in total. The molecule has 1 unspecified atom stereocenters. The van der Waals surface area contributed by atoms with Gasteiger partial charge in [0.1, 0.15) is 5.60 Å². The van der Waals surface area contributed by atoms with Gasteiger partial charge in [0.2, 0.25) is 0 Å². The molecule has 0 bridgehead atoms. The highest BCUT2D eigenvalue weighted by molar-refractivity contribution is 5.70. The van der Waals surface area contributed by atoms with Gasteiger partial charge in [0.05, 0.1) is 6.42 Å². The fourth-order valence-electron chi connectivity index (χ4n) is 1.63. The first-order chi connectivity index (χ1) is 7.78. The number of carboxylic acids is 1. The summed E-state index contributed by atoms with van der Waals surface area (Å²) in [5.74, 6) is -0.987. The second-order valence-electron chi connectivity index (χ2n) is 5.17. The Morgan fingerprint density at radius 1 is 1.47 bits per heavy atom. The number of carbonyl (C=O) groups is 2. The summed E-state index contributed by atoms with van der Waals surface area (Å²) in [6.45, 7) is 6.29. The maximum absolute atomic E-state index is 11.8. The highest BCUT2D eigenvalue weighted by atomic mass is 16.6. The molecule has 1 aliphatic rings. The first kappa shape index (κ1) is 13.5. The van der Waals surface area contributed by atoms with E-state index in [0.717, 1.165) is 0 Å². The zero-order valence-electron chi connectivity index (χ0n) is 10.5. The van der Waals surface area contributed by atoms with Gasteiger partial charge in [-0.3, -0.25) is 4.79 Å². The van der Waals surface area contributed by atoms with Crippen molar-refractivity contribution in [1.82, 2.24) is 4.90 Å². The van der Waals surface area contributed by atoms with Crippen LogP contribution in [0.4, 0.5) is 4.79 Å². The Hall–Kier alpha value is -1.52. The molecule has 0 spiro atoms. The number of ether oxygens (including phenoxy) is 1. The van der Waals surface area contributed by atoms with Crippen LogP contribution in [0, 0.1) is 5.92 Å². The molecule has 1 heterocycles. The zero-order valence-corrected chi connectivity index (χ0v) is 10.5. The van der Waals surface area contributed by atoms with Crippen molar-refractivity contribution in [1.29, 1.82) is 0 Å². The number of hydrogen-bond donors (Lipinski definition) is 1. The Kier molecular flexibility index (Phi) is 4.15. The normalized spacial score (nSPS) is 20.2. The van der Waals surface area contributed by atoms with Crippen LogP contribution in [0.1, 0.15) is 27.2 Å². The number of aliphatic carboxylic acids is 1. The van der Waals surface area contributed by atoms with Crippen molar-refractivity contribution in [3.8, 4) is 0 Å². The molecule has 1 aliphatic heterocycles. The van der Waals surface area contributed by atoms with Crippen LogP contribution in [0.15, 0.2) is 12.2 Å². The number of hydrogen-bond acceptors (Lipinski definition) is 3. The smallest absolute Gasteiger partial charge is 0.410 e. The number of amides is 1. The molecule has 0 saturated carbocycles. The standard InChI is InChI=1S/C12H19NO4/c1-12(2,3)17-11(16)13-6-4-5-9(8-13)7-10(14)15/h4-5,9H,6-8H2,1-3H3,(H,14,15). The third-order valence-electron chi connectivity index (χ3n) is 2.28. The van der Waals surface area contributed by atoms with Crippen LogP contribution in [0.2, 0.25) is 0 Å². The van der Waals surface area contributed by atoms with Gasteiger partial charge in [-0.2, -0.15) is 0 Å². The van der Waals surface area contributed by atoms with Crippen LogP contribution in [0.25, 0.3) is 0 Å². The molecular weight excluding hydrogens is 222 g/mol. The summed E-state index contributed by atoms with van der Waals surface area (Å²) >= 11 is 0. The Morgan fingerprint density at radius 2 is 2.12 bits per heavy atom. The summed E-state index contributed by atoms with van der Waals surface area (Å²) < 4.78 is 5.24. The summed E-state index contributed by atoms with van der Waals surface area (Å²) in [6.07, 6.45) is 3.29. The lowest BCUT2D eigenvalue weighted by atomic mass is 10.0. The van der Waals surface area contributed by atoms with Gasteiger partial charge in [-0.25, -0.2) is 4.79 Å². The van der Waals surface area contributed by atoms with Gasteiger partial charge in [0.15, 0.2) is 0 Å². The molecule has 1 rings (SSSR count). The van der Waals surface area contributed by atoms with Gasteiger partial charge in [-0.1, -0.05) is 12.2 Å². The molecule has 0 aromatic rings. The van der Waals surface area contributed by atoms with Crippen LogP contribution in [-0.4, -0.2) is 40.8 Å². The maximum atomic E-state index is 11.8. The number of carboxylic acid groups (broad SMARTS) is 1. The van der Waals surface area contributed by atoms with Crippen molar-refractivity contribution in [2.75, 3.05) is 13.1 Å². The van der Waals surface area contributed by atoms with Crippen LogP contribution in [0.5, 0.6) is 0 Å². The van der Waals surface area contributed by atoms with Gasteiger partial charge < -0.3 is 14.7 Å². The van der Waals surface area contributed by atoms with E-state index in [-0.39, 0.29) is 12.3 Å². The third-order valence-corrected chi connectivity index (χ3v) is 2.28. The molecular formula is C12H19NO4. The SMILES string of the molecule is CC(C)(C)OC(=O)N1CC=CC(CC(=O)O)C1.